The molecular formula is C10H9N5O. The van der Waals surface area contributed by atoms with Crippen LogP contribution >= 0.6 is 0 Å². The Morgan fingerprint density at radius 1 is 1.31 bits per heavy atom. The quantitative estimate of drug-likeness (QED) is 0.723. The van der Waals surface area contributed by atoms with Gasteiger partial charge in [0.1, 0.15) is 12.7 Å². The van der Waals surface area contributed by atoms with Crippen LogP contribution in [0.1, 0.15) is 17.4 Å². The second kappa shape index (κ2) is 4.42. The van der Waals surface area contributed by atoms with E-state index in [0.717, 1.165) is 0 Å². The van der Waals surface area contributed by atoms with Crippen LogP contribution in [0.2, 0.25) is 0 Å². The Bertz CT molecular complexity index is 502. The Kier molecular flexibility index (Phi) is 2.80. The smallest absolute Gasteiger partial charge is 0.165 e. The lowest BCUT2D eigenvalue weighted by molar-refractivity contribution is 0.191. The monoisotopic (exact) mass is 215 g/mol. The maximum atomic E-state index is 9.87. The van der Waals surface area contributed by atoms with Gasteiger partial charge in [0.15, 0.2) is 6.23 Å². The lowest BCUT2D eigenvalue weighted by atomic mass is 10.1. The Labute approximate surface area is 91.8 Å². The summed E-state index contributed by atoms with van der Waals surface area (Å²) < 4.78 is 1.42. The third kappa shape index (κ3) is 1.99. The molecule has 2 aromatic rings. The van der Waals surface area contributed by atoms with Gasteiger partial charge in [0.05, 0.1) is 11.6 Å². The minimum absolute atomic E-state index is 0.426. The molecule has 1 aromatic heterocycles. The minimum atomic E-state index is -0.980. The highest BCUT2D eigenvalue weighted by molar-refractivity contribution is 5.39. The highest BCUT2D eigenvalue weighted by Gasteiger charge is 2.11. The van der Waals surface area contributed by atoms with Gasteiger partial charge in [-0.25, -0.2) is 4.68 Å². The van der Waals surface area contributed by atoms with E-state index in [9.17, 15) is 5.11 Å². The molecule has 6 nitrogen and oxygen atoms in total. The number of aliphatic hydroxyl groups excluding tert-OH is 1. The number of hydrogen-bond acceptors (Lipinski definition) is 5. The van der Waals surface area contributed by atoms with Crippen LogP contribution in [0.3, 0.4) is 0 Å². The first-order valence-corrected chi connectivity index (χ1v) is 4.59. The number of nitrogens with one attached hydrogen (secondary N) is 1. The number of nitrogens with zero attached hydrogens (tertiary/aromatic N) is 4. The number of nitriles is 1. The van der Waals surface area contributed by atoms with Gasteiger partial charge in [0, 0.05) is 5.56 Å². The van der Waals surface area contributed by atoms with Gasteiger partial charge in [-0.05, 0) is 6.07 Å². The molecule has 0 aliphatic heterocycles. The molecule has 1 unspecified atom stereocenters. The molecule has 16 heavy (non-hydrogen) atoms. The van der Waals surface area contributed by atoms with Gasteiger partial charge in [-0.2, -0.15) is 5.26 Å². The van der Waals surface area contributed by atoms with Crippen molar-refractivity contribution in [1.29, 1.82) is 5.26 Å². The van der Waals surface area contributed by atoms with E-state index in [1.165, 1.54) is 17.3 Å². The molecule has 0 amide bonds. The number of aliphatic hydroxyl groups is 1. The fourth-order valence-electron chi connectivity index (χ4n) is 1.32. The summed E-state index contributed by atoms with van der Waals surface area (Å²) in [6.45, 7) is 0. The van der Waals surface area contributed by atoms with E-state index in [1.54, 1.807) is 24.3 Å². The molecule has 0 bridgehead atoms. The summed E-state index contributed by atoms with van der Waals surface area (Å²) in [4.78, 5) is 0. The first kappa shape index (κ1) is 10.1. The zero-order chi connectivity index (χ0) is 11.4. The van der Waals surface area contributed by atoms with E-state index in [1.807, 2.05) is 6.07 Å². The first-order chi connectivity index (χ1) is 7.81. The van der Waals surface area contributed by atoms with E-state index < -0.39 is 6.23 Å². The molecule has 1 heterocycles. The van der Waals surface area contributed by atoms with Crippen LogP contribution in [0.4, 0.5) is 0 Å². The molecular weight excluding hydrogens is 206 g/mol. The molecule has 0 saturated heterocycles. The lowest BCUT2D eigenvalue weighted by Gasteiger charge is -2.15. The predicted molar refractivity (Wildman–Crippen MR) is 55.5 cm³/mol. The van der Waals surface area contributed by atoms with Crippen LogP contribution in [0.5, 0.6) is 0 Å². The number of hydrogen-bond donors (Lipinski definition) is 2. The average molecular weight is 215 g/mol. The van der Waals surface area contributed by atoms with Crippen LogP contribution in [0, 0.1) is 11.3 Å². The van der Waals surface area contributed by atoms with Crippen LogP contribution in [-0.4, -0.2) is 20.0 Å². The molecule has 0 fully saturated rings. The Morgan fingerprint density at radius 2 is 2.00 bits per heavy atom. The van der Waals surface area contributed by atoms with E-state index >= 15 is 0 Å². The summed E-state index contributed by atoms with van der Waals surface area (Å²) in [7, 11) is 0. The van der Waals surface area contributed by atoms with Gasteiger partial charge in [-0.3, -0.25) is 5.43 Å². The summed E-state index contributed by atoms with van der Waals surface area (Å²) in [5.41, 5.74) is 3.65. The van der Waals surface area contributed by atoms with Crippen molar-refractivity contribution >= 4 is 0 Å². The van der Waals surface area contributed by atoms with E-state index in [2.05, 4.69) is 15.6 Å². The highest BCUT2D eigenvalue weighted by Crippen LogP contribution is 2.15. The van der Waals surface area contributed by atoms with Gasteiger partial charge in [-0.15, -0.1) is 10.2 Å². The second-order valence-electron chi connectivity index (χ2n) is 3.10. The molecule has 2 rings (SSSR count). The predicted octanol–water partition coefficient (Wildman–Crippen LogP) is 0.384. The van der Waals surface area contributed by atoms with Gasteiger partial charge in [0.25, 0.3) is 0 Å². The standard InChI is InChI=1S/C10H9N5O/c11-5-8-3-1-2-4-9(8)10(16)14-15-6-12-13-7-15/h1-4,6-7,10,14,16H. The highest BCUT2D eigenvalue weighted by atomic mass is 16.3. The molecule has 80 valence electrons. The molecule has 1 atom stereocenters. The van der Waals surface area contributed by atoms with Crippen molar-refractivity contribution in [3.8, 4) is 6.07 Å². The average Bonchev–Trinajstić information content (AvgIpc) is 2.81. The van der Waals surface area contributed by atoms with Crippen LogP contribution in [0.25, 0.3) is 0 Å². The second-order valence-corrected chi connectivity index (χ2v) is 3.10. The van der Waals surface area contributed by atoms with Gasteiger partial charge in [-0.1, -0.05) is 18.2 Å². The SMILES string of the molecule is N#Cc1ccccc1C(O)Nn1cnnc1. The van der Waals surface area contributed by atoms with Crippen LogP contribution in [0.15, 0.2) is 36.9 Å². The summed E-state index contributed by atoms with van der Waals surface area (Å²) in [5.74, 6) is 0. The Hall–Kier alpha value is -2.39. The zero-order valence-corrected chi connectivity index (χ0v) is 8.28. The third-order valence-electron chi connectivity index (χ3n) is 2.07. The molecule has 2 N–H and O–H groups in total. The van der Waals surface area contributed by atoms with Crippen molar-refractivity contribution in [2.45, 2.75) is 6.23 Å². The fraction of sp³-hybridized carbons (Fsp3) is 0.100. The summed E-state index contributed by atoms with van der Waals surface area (Å²) >= 11 is 0. The van der Waals surface area contributed by atoms with Crippen molar-refractivity contribution in [1.82, 2.24) is 14.9 Å². The van der Waals surface area contributed by atoms with E-state index in [0.29, 0.717) is 11.1 Å². The molecule has 1 aromatic carbocycles. The number of aromatic nitrogens is 3. The summed E-state index contributed by atoms with van der Waals surface area (Å²) in [6, 6.07) is 8.84. The Balaban J connectivity index is 2.21. The van der Waals surface area contributed by atoms with Crippen molar-refractivity contribution < 1.29 is 5.11 Å². The molecule has 0 spiro atoms. The lowest BCUT2D eigenvalue weighted by Crippen LogP contribution is -2.20. The van der Waals surface area contributed by atoms with Gasteiger partial charge >= 0.3 is 0 Å². The normalized spacial score (nSPS) is 11.8. The van der Waals surface area contributed by atoms with E-state index in [-0.39, 0.29) is 0 Å². The molecule has 0 radical (unpaired) electrons. The maximum absolute atomic E-state index is 9.87. The van der Waals surface area contributed by atoms with Crippen molar-refractivity contribution in [3.05, 3.63) is 48.0 Å². The molecule has 0 aliphatic carbocycles. The van der Waals surface area contributed by atoms with Crippen molar-refractivity contribution in [2.24, 2.45) is 0 Å². The van der Waals surface area contributed by atoms with Crippen molar-refractivity contribution in [2.75, 3.05) is 5.43 Å². The Morgan fingerprint density at radius 3 is 2.69 bits per heavy atom. The van der Waals surface area contributed by atoms with Crippen LogP contribution in [-0.2, 0) is 0 Å². The summed E-state index contributed by atoms with van der Waals surface area (Å²) in [5, 5.41) is 25.9. The first-order valence-electron chi connectivity index (χ1n) is 4.59. The van der Waals surface area contributed by atoms with Gasteiger partial charge in [0.2, 0.25) is 0 Å². The molecule has 6 heteroatoms. The van der Waals surface area contributed by atoms with Crippen LogP contribution < -0.4 is 5.43 Å². The molecule has 0 aliphatic rings. The van der Waals surface area contributed by atoms with E-state index in [4.69, 9.17) is 5.26 Å². The number of rotatable bonds is 3. The maximum Gasteiger partial charge on any atom is 0.165 e. The number of benzene rings is 1. The fourth-order valence-corrected chi connectivity index (χ4v) is 1.32. The largest absolute Gasteiger partial charge is 0.368 e. The van der Waals surface area contributed by atoms with Gasteiger partial charge < -0.3 is 5.11 Å². The zero-order valence-electron chi connectivity index (χ0n) is 8.28. The molecule has 0 saturated carbocycles. The topological polar surface area (TPSA) is 86.8 Å². The summed E-state index contributed by atoms with van der Waals surface area (Å²) in [6.07, 6.45) is 1.85. The third-order valence-corrected chi connectivity index (χ3v) is 2.07. The minimum Gasteiger partial charge on any atom is -0.368 e. The van der Waals surface area contributed by atoms with Crippen molar-refractivity contribution in [3.63, 3.8) is 0 Å².